The second-order valence-electron chi connectivity index (χ2n) is 4.64. The molecule has 0 radical (unpaired) electrons. The molecule has 1 aromatic rings. The SMILES string of the molecule is COc1ccc(Br)c(NC(=O)N2CC(CC(=O)O)C2)c1. The van der Waals surface area contributed by atoms with Crippen molar-refractivity contribution in [3.05, 3.63) is 22.7 Å². The summed E-state index contributed by atoms with van der Waals surface area (Å²) < 4.78 is 5.86. The quantitative estimate of drug-likeness (QED) is 0.880. The van der Waals surface area contributed by atoms with Gasteiger partial charge in [0.1, 0.15) is 5.75 Å². The number of carboxylic acid groups (broad SMARTS) is 1. The smallest absolute Gasteiger partial charge is 0.321 e. The number of hydrogen-bond acceptors (Lipinski definition) is 3. The number of benzene rings is 1. The van der Waals surface area contributed by atoms with E-state index in [4.69, 9.17) is 9.84 Å². The highest BCUT2D eigenvalue weighted by atomic mass is 79.9. The molecule has 1 heterocycles. The van der Waals surface area contributed by atoms with Crippen molar-refractivity contribution in [3.8, 4) is 5.75 Å². The van der Waals surface area contributed by atoms with Gasteiger partial charge in [-0.15, -0.1) is 0 Å². The Morgan fingerprint density at radius 1 is 1.50 bits per heavy atom. The fraction of sp³-hybridized carbons (Fsp3) is 0.385. The number of rotatable bonds is 4. The lowest BCUT2D eigenvalue weighted by atomic mass is 9.97. The number of halogens is 1. The first-order valence-electron chi connectivity index (χ1n) is 6.11. The summed E-state index contributed by atoms with van der Waals surface area (Å²) in [5.41, 5.74) is 0.621. The van der Waals surface area contributed by atoms with Crippen LogP contribution in [0.4, 0.5) is 10.5 Å². The van der Waals surface area contributed by atoms with Crippen molar-refractivity contribution in [2.45, 2.75) is 6.42 Å². The van der Waals surface area contributed by atoms with Crippen molar-refractivity contribution in [3.63, 3.8) is 0 Å². The first-order chi connectivity index (χ1) is 9.49. The van der Waals surface area contributed by atoms with E-state index in [-0.39, 0.29) is 18.4 Å². The van der Waals surface area contributed by atoms with E-state index in [1.54, 1.807) is 30.2 Å². The molecule has 0 aromatic heterocycles. The molecule has 1 aromatic carbocycles. The largest absolute Gasteiger partial charge is 0.497 e. The summed E-state index contributed by atoms with van der Waals surface area (Å²) in [6, 6.07) is 5.06. The zero-order chi connectivity index (χ0) is 14.7. The molecule has 2 N–H and O–H groups in total. The van der Waals surface area contributed by atoms with Crippen LogP contribution in [-0.2, 0) is 4.79 Å². The maximum absolute atomic E-state index is 12.0. The zero-order valence-electron chi connectivity index (χ0n) is 10.9. The Balaban J connectivity index is 1.91. The second-order valence-corrected chi connectivity index (χ2v) is 5.50. The van der Waals surface area contributed by atoms with Crippen LogP contribution in [0.1, 0.15) is 6.42 Å². The maximum atomic E-state index is 12.0. The van der Waals surface area contributed by atoms with Gasteiger partial charge >= 0.3 is 12.0 Å². The van der Waals surface area contributed by atoms with Gasteiger partial charge < -0.3 is 20.1 Å². The summed E-state index contributed by atoms with van der Waals surface area (Å²) in [6.45, 7) is 0.944. The lowest BCUT2D eigenvalue weighted by Gasteiger charge is -2.38. The van der Waals surface area contributed by atoms with Crippen LogP contribution in [-0.4, -0.2) is 42.2 Å². The summed E-state index contributed by atoms with van der Waals surface area (Å²) >= 11 is 3.36. The molecule has 6 nitrogen and oxygen atoms in total. The number of amides is 2. The van der Waals surface area contributed by atoms with Gasteiger partial charge in [-0.2, -0.15) is 0 Å². The molecule has 2 amide bonds. The average Bonchev–Trinajstić information content (AvgIpc) is 2.35. The highest BCUT2D eigenvalue weighted by Crippen LogP contribution is 2.28. The van der Waals surface area contributed by atoms with E-state index in [1.165, 1.54) is 0 Å². The van der Waals surface area contributed by atoms with Crippen molar-refractivity contribution in [2.75, 3.05) is 25.5 Å². The minimum absolute atomic E-state index is 0.0481. The van der Waals surface area contributed by atoms with Gasteiger partial charge in [-0.3, -0.25) is 4.79 Å². The molecule has 0 spiro atoms. The van der Waals surface area contributed by atoms with E-state index < -0.39 is 5.97 Å². The lowest BCUT2D eigenvalue weighted by molar-refractivity contribution is -0.139. The fourth-order valence-electron chi connectivity index (χ4n) is 2.03. The van der Waals surface area contributed by atoms with Crippen LogP contribution in [0.15, 0.2) is 22.7 Å². The molecule has 0 aliphatic carbocycles. The number of carboxylic acids is 1. The number of carbonyl (C=O) groups excluding carboxylic acids is 1. The van der Waals surface area contributed by atoms with Crippen molar-refractivity contribution in [1.82, 2.24) is 4.90 Å². The summed E-state index contributed by atoms with van der Waals surface area (Å²) in [5, 5.41) is 11.4. The number of methoxy groups -OCH3 is 1. The van der Waals surface area contributed by atoms with Crippen molar-refractivity contribution in [2.24, 2.45) is 5.92 Å². The van der Waals surface area contributed by atoms with E-state index in [0.29, 0.717) is 24.5 Å². The molecule has 7 heteroatoms. The molecular weight excluding hydrogens is 328 g/mol. The molecular formula is C13H15BrN2O4. The molecule has 1 aliphatic heterocycles. The van der Waals surface area contributed by atoms with Crippen LogP contribution >= 0.6 is 15.9 Å². The third-order valence-corrected chi connectivity index (χ3v) is 3.81. The van der Waals surface area contributed by atoms with Crippen LogP contribution in [0.2, 0.25) is 0 Å². The van der Waals surface area contributed by atoms with Gasteiger partial charge in [0.05, 0.1) is 19.2 Å². The van der Waals surface area contributed by atoms with Gasteiger partial charge in [0.25, 0.3) is 0 Å². The predicted octanol–water partition coefficient (Wildman–Crippen LogP) is 2.40. The second kappa shape index (κ2) is 6.13. The van der Waals surface area contributed by atoms with E-state index in [2.05, 4.69) is 21.2 Å². The van der Waals surface area contributed by atoms with Crippen LogP contribution < -0.4 is 10.1 Å². The van der Waals surface area contributed by atoms with Crippen LogP contribution in [0.25, 0.3) is 0 Å². The zero-order valence-corrected chi connectivity index (χ0v) is 12.5. The van der Waals surface area contributed by atoms with Crippen molar-refractivity contribution < 1.29 is 19.4 Å². The molecule has 0 atom stereocenters. The van der Waals surface area contributed by atoms with Crippen molar-refractivity contribution >= 4 is 33.6 Å². The number of hydrogen-bond donors (Lipinski definition) is 2. The molecule has 1 aliphatic rings. The number of carbonyl (C=O) groups is 2. The van der Waals surface area contributed by atoms with E-state index >= 15 is 0 Å². The molecule has 0 unspecified atom stereocenters. The average molecular weight is 343 g/mol. The van der Waals surface area contributed by atoms with Gasteiger partial charge in [0.2, 0.25) is 0 Å². The van der Waals surface area contributed by atoms with Crippen LogP contribution in [0, 0.1) is 5.92 Å². The van der Waals surface area contributed by atoms with E-state index in [1.807, 2.05) is 0 Å². The number of nitrogens with one attached hydrogen (secondary N) is 1. The first-order valence-corrected chi connectivity index (χ1v) is 6.90. The van der Waals surface area contributed by atoms with E-state index in [0.717, 1.165) is 4.47 Å². The Morgan fingerprint density at radius 3 is 2.80 bits per heavy atom. The normalized spacial score (nSPS) is 14.6. The minimum Gasteiger partial charge on any atom is -0.497 e. The summed E-state index contributed by atoms with van der Waals surface area (Å²) in [6.07, 6.45) is 0.104. The monoisotopic (exact) mass is 342 g/mol. The fourth-order valence-corrected chi connectivity index (χ4v) is 2.38. The Kier molecular flexibility index (Phi) is 4.49. The van der Waals surface area contributed by atoms with Crippen LogP contribution in [0.3, 0.4) is 0 Å². The standard InChI is InChI=1S/C13H15BrN2O4/c1-20-9-2-3-10(14)11(5-9)15-13(19)16-6-8(7-16)4-12(17)18/h2-3,5,8H,4,6-7H2,1H3,(H,15,19)(H,17,18). The molecule has 0 saturated carbocycles. The van der Waals surface area contributed by atoms with Gasteiger partial charge in [0.15, 0.2) is 0 Å². The Bertz CT molecular complexity index is 529. The summed E-state index contributed by atoms with van der Waals surface area (Å²) in [5.74, 6) is -0.131. The third-order valence-electron chi connectivity index (χ3n) is 3.12. The molecule has 2 rings (SSSR count). The third kappa shape index (κ3) is 3.41. The number of nitrogens with zero attached hydrogens (tertiary/aromatic N) is 1. The molecule has 20 heavy (non-hydrogen) atoms. The summed E-state index contributed by atoms with van der Waals surface area (Å²) in [7, 11) is 1.56. The van der Waals surface area contributed by atoms with Crippen LogP contribution in [0.5, 0.6) is 5.75 Å². The predicted molar refractivity (Wildman–Crippen MR) is 77.0 cm³/mol. The first kappa shape index (κ1) is 14.6. The minimum atomic E-state index is -0.828. The highest BCUT2D eigenvalue weighted by molar-refractivity contribution is 9.10. The highest BCUT2D eigenvalue weighted by Gasteiger charge is 2.32. The maximum Gasteiger partial charge on any atom is 0.321 e. The van der Waals surface area contributed by atoms with Gasteiger partial charge in [-0.1, -0.05) is 0 Å². The number of anilines is 1. The summed E-state index contributed by atoms with van der Waals surface area (Å²) in [4.78, 5) is 24.1. The molecule has 1 fully saturated rings. The Labute approximate surface area is 124 Å². The lowest BCUT2D eigenvalue weighted by Crippen LogP contribution is -2.52. The van der Waals surface area contributed by atoms with Gasteiger partial charge in [0, 0.05) is 29.5 Å². The number of ether oxygens (including phenoxy) is 1. The molecule has 0 bridgehead atoms. The Hall–Kier alpha value is -1.76. The molecule has 1 saturated heterocycles. The molecule has 108 valence electrons. The topological polar surface area (TPSA) is 78.9 Å². The van der Waals surface area contributed by atoms with Crippen molar-refractivity contribution in [1.29, 1.82) is 0 Å². The van der Waals surface area contributed by atoms with E-state index in [9.17, 15) is 9.59 Å². The van der Waals surface area contributed by atoms with Gasteiger partial charge in [-0.25, -0.2) is 4.79 Å². The number of urea groups is 1. The number of aliphatic carboxylic acids is 1. The van der Waals surface area contributed by atoms with Gasteiger partial charge in [-0.05, 0) is 28.1 Å². The number of likely N-dealkylation sites (tertiary alicyclic amines) is 1. The Morgan fingerprint density at radius 2 is 2.20 bits per heavy atom.